The molecule has 0 radical (unpaired) electrons. The smallest absolute Gasteiger partial charge is 0.194 e. The van der Waals surface area contributed by atoms with Gasteiger partial charge in [-0.25, -0.2) is 9.38 Å². The topological polar surface area (TPSA) is 63.9 Å². The van der Waals surface area contributed by atoms with Crippen LogP contribution in [0.1, 0.15) is 18.1 Å². The van der Waals surface area contributed by atoms with Crippen LogP contribution < -0.4 is 15.0 Å². The van der Waals surface area contributed by atoms with E-state index in [0.717, 1.165) is 50.1 Å². The van der Waals surface area contributed by atoms with Gasteiger partial charge in [0.05, 0.1) is 31.0 Å². The molecule has 1 aliphatic heterocycles. The van der Waals surface area contributed by atoms with Crippen LogP contribution in [0.25, 0.3) is 0 Å². The zero-order valence-corrected chi connectivity index (χ0v) is 19.6. The fourth-order valence-electron chi connectivity index (χ4n) is 3.40. The summed E-state index contributed by atoms with van der Waals surface area (Å²) >= 11 is 0. The molecule has 1 heterocycles. The van der Waals surface area contributed by atoms with Gasteiger partial charge < -0.3 is 19.9 Å². The molecule has 8 heteroatoms. The minimum Gasteiger partial charge on any atom is -0.495 e. The Hall–Kier alpha value is -2.54. The van der Waals surface area contributed by atoms with E-state index in [-0.39, 0.29) is 36.3 Å². The van der Waals surface area contributed by atoms with Gasteiger partial charge >= 0.3 is 0 Å². The van der Waals surface area contributed by atoms with Crippen molar-refractivity contribution in [3.05, 3.63) is 59.4 Å². The van der Waals surface area contributed by atoms with Crippen molar-refractivity contribution in [3.63, 3.8) is 0 Å². The number of halogens is 2. The molecule has 30 heavy (non-hydrogen) atoms. The Morgan fingerprint density at radius 2 is 1.93 bits per heavy atom. The minimum atomic E-state index is -0.343. The number of anilines is 1. The van der Waals surface area contributed by atoms with Gasteiger partial charge in [-0.15, -0.1) is 24.0 Å². The van der Waals surface area contributed by atoms with Gasteiger partial charge in [-0.3, -0.25) is 0 Å². The summed E-state index contributed by atoms with van der Waals surface area (Å²) in [5, 5.41) is 12.3. The minimum absolute atomic E-state index is 0. The molecule has 0 amide bonds. The molecule has 1 aliphatic rings. The second kappa shape index (κ2) is 11.6. The van der Waals surface area contributed by atoms with E-state index >= 15 is 0 Å². The largest absolute Gasteiger partial charge is 0.495 e. The molecule has 0 spiro atoms. The number of para-hydroxylation sites is 2. The second-order valence-electron chi connectivity index (χ2n) is 6.73. The molecule has 1 N–H and O–H groups in total. The summed E-state index contributed by atoms with van der Waals surface area (Å²) in [5.74, 6) is 1.29. The lowest BCUT2D eigenvalue weighted by Crippen LogP contribution is -2.52. The zero-order valence-electron chi connectivity index (χ0n) is 17.3. The van der Waals surface area contributed by atoms with Crippen LogP contribution in [0.3, 0.4) is 0 Å². The number of methoxy groups -OCH3 is 1. The number of hydrogen-bond donors (Lipinski definition) is 1. The average Bonchev–Trinajstić information content (AvgIpc) is 2.77. The van der Waals surface area contributed by atoms with Gasteiger partial charge in [0.2, 0.25) is 0 Å². The van der Waals surface area contributed by atoms with Crippen LogP contribution >= 0.6 is 24.0 Å². The highest BCUT2D eigenvalue weighted by Crippen LogP contribution is 2.28. The highest BCUT2D eigenvalue weighted by molar-refractivity contribution is 14.0. The summed E-state index contributed by atoms with van der Waals surface area (Å²) in [4.78, 5) is 9.10. The van der Waals surface area contributed by atoms with Gasteiger partial charge in [-0.1, -0.05) is 12.1 Å². The van der Waals surface area contributed by atoms with Gasteiger partial charge in [0.25, 0.3) is 0 Å². The number of piperazine rings is 1. The molecule has 6 nitrogen and oxygen atoms in total. The SMILES string of the molecule is CCNC(=NCc1cc(C#N)ccc1F)N1CCN(c2ccccc2OC)CC1.I. The first-order chi connectivity index (χ1) is 14.2. The van der Waals surface area contributed by atoms with E-state index in [1.165, 1.54) is 12.1 Å². The van der Waals surface area contributed by atoms with Gasteiger partial charge in [0, 0.05) is 38.3 Å². The van der Waals surface area contributed by atoms with Crippen LogP contribution in [0, 0.1) is 17.1 Å². The molecule has 0 saturated carbocycles. The molecular formula is C22H27FIN5O. The molecule has 1 fully saturated rings. The van der Waals surface area contributed by atoms with Crippen molar-refractivity contribution in [2.75, 3.05) is 44.7 Å². The van der Waals surface area contributed by atoms with Crippen LogP contribution in [-0.4, -0.2) is 50.7 Å². The molecule has 0 aliphatic carbocycles. The third kappa shape index (κ3) is 5.75. The standard InChI is InChI=1S/C22H26FN5O.HI/c1-3-25-22(26-16-18-14-17(15-24)8-9-19(18)23)28-12-10-27(11-13-28)20-6-4-5-7-21(20)29-2;/h4-9,14H,3,10-13,16H2,1-2H3,(H,25,26);1H. The predicted molar refractivity (Wildman–Crippen MR) is 128 cm³/mol. The third-order valence-corrected chi connectivity index (χ3v) is 4.91. The van der Waals surface area contributed by atoms with Crippen molar-refractivity contribution in [3.8, 4) is 11.8 Å². The lowest BCUT2D eigenvalue weighted by atomic mass is 10.1. The third-order valence-electron chi connectivity index (χ3n) is 4.91. The maximum Gasteiger partial charge on any atom is 0.194 e. The number of nitrogens with one attached hydrogen (secondary N) is 1. The molecule has 160 valence electrons. The van der Waals surface area contributed by atoms with Crippen molar-refractivity contribution in [1.29, 1.82) is 5.26 Å². The van der Waals surface area contributed by atoms with Crippen LogP contribution in [0.4, 0.5) is 10.1 Å². The monoisotopic (exact) mass is 523 g/mol. The fourth-order valence-corrected chi connectivity index (χ4v) is 3.40. The number of aliphatic imine (C=N–C) groups is 1. The highest BCUT2D eigenvalue weighted by Gasteiger charge is 2.21. The molecular weight excluding hydrogens is 496 g/mol. The Morgan fingerprint density at radius 1 is 1.20 bits per heavy atom. The molecule has 0 bridgehead atoms. The Morgan fingerprint density at radius 3 is 2.60 bits per heavy atom. The van der Waals surface area contributed by atoms with E-state index in [9.17, 15) is 4.39 Å². The normalized spacial score (nSPS) is 14.0. The van der Waals surface area contributed by atoms with E-state index in [4.69, 9.17) is 10.00 Å². The number of ether oxygens (including phenoxy) is 1. The van der Waals surface area contributed by atoms with Crippen LogP contribution in [-0.2, 0) is 6.54 Å². The molecule has 0 unspecified atom stereocenters. The number of rotatable bonds is 5. The summed E-state index contributed by atoms with van der Waals surface area (Å²) in [6.45, 7) is 6.20. The molecule has 2 aromatic carbocycles. The molecule has 2 aromatic rings. The molecule has 1 saturated heterocycles. The maximum atomic E-state index is 14.1. The van der Waals surface area contributed by atoms with Gasteiger partial charge in [-0.05, 0) is 37.3 Å². The van der Waals surface area contributed by atoms with E-state index in [0.29, 0.717) is 11.1 Å². The lowest BCUT2D eigenvalue weighted by Gasteiger charge is -2.38. The zero-order chi connectivity index (χ0) is 20.6. The van der Waals surface area contributed by atoms with Gasteiger partial charge in [-0.2, -0.15) is 5.26 Å². The van der Waals surface area contributed by atoms with Crippen molar-refractivity contribution in [1.82, 2.24) is 10.2 Å². The lowest BCUT2D eigenvalue weighted by molar-refractivity contribution is 0.367. The van der Waals surface area contributed by atoms with Crippen molar-refractivity contribution in [2.45, 2.75) is 13.5 Å². The first kappa shape index (κ1) is 23.7. The second-order valence-corrected chi connectivity index (χ2v) is 6.73. The summed E-state index contributed by atoms with van der Waals surface area (Å²) in [6, 6.07) is 14.4. The molecule has 3 rings (SSSR count). The first-order valence-electron chi connectivity index (χ1n) is 9.76. The van der Waals surface area contributed by atoms with Crippen molar-refractivity contribution < 1.29 is 9.13 Å². The number of guanidine groups is 1. The molecule has 0 aromatic heterocycles. The van der Waals surface area contributed by atoms with E-state index in [1.807, 2.05) is 31.2 Å². The number of hydrogen-bond acceptors (Lipinski definition) is 4. The quantitative estimate of drug-likeness (QED) is 0.369. The van der Waals surface area contributed by atoms with E-state index in [1.54, 1.807) is 13.2 Å². The number of nitrogens with zero attached hydrogens (tertiary/aromatic N) is 4. The Balaban J connectivity index is 0.00000320. The number of benzene rings is 2. The van der Waals surface area contributed by atoms with Crippen LogP contribution in [0.5, 0.6) is 5.75 Å². The highest BCUT2D eigenvalue weighted by atomic mass is 127. The average molecular weight is 523 g/mol. The van der Waals surface area contributed by atoms with Gasteiger partial charge in [0.1, 0.15) is 11.6 Å². The van der Waals surface area contributed by atoms with Crippen LogP contribution in [0.15, 0.2) is 47.5 Å². The first-order valence-corrected chi connectivity index (χ1v) is 9.76. The van der Waals surface area contributed by atoms with E-state index < -0.39 is 0 Å². The van der Waals surface area contributed by atoms with E-state index in [2.05, 4.69) is 26.2 Å². The van der Waals surface area contributed by atoms with Crippen molar-refractivity contribution in [2.24, 2.45) is 4.99 Å². The summed E-state index contributed by atoms with van der Waals surface area (Å²) < 4.78 is 19.5. The summed E-state index contributed by atoms with van der Waals surface area (Å²) in [5.41, 5.74) is 1.95. The summed E-state index contributed by atoms with van der Waals surface area (Å²) in [7, 11) is 1.69. The Kier molecular flexibility index (Phi) is 9.17. The number of nitriles is 1. The fraction of sp³-hybridized carbons (Fsp3) is 0.364. The summed E-state index contributed by atoms with van der Waals surface area (Å²) in [6.07, 6.45) is 0. The maximum absolute atomic E-state index is 14.1. The molecule has 0 atom stereocenters. The Bertz CT molecular complexity index is 907. The van der Waals surface area contributed by atoms with Crippen molar-refractivity contribution >= 4 is 35.6 Å². The predicted octanol–water partition coefficient (Wildman–Crippen LogP) is 3.61. The Labute approximate surface area is 194 Å². The van der Waals surface area contributed by atoms with Gasteiger partial charge in [0.15, 0.2) is 5.96 Å². The van der Waals surface area contributed by atoms with Crippen LogP contribution in [0.2, 0.25) is 0 Å².